The quantitative estimate of drug-likeness (QED) is 0.438. The number of carbonyl (C=O) groups is 2. The molecule has 1 amide bonds. The van der Waals surface area contributed by atoms with Crippen molar-refractivity contribution in [3.63, 3.8) is 0 Å². The minimum absolute atomic E-state index is 0.147. The molecule has 0 spiro atoms. The number of rotatable bonds is 7. The second-order valence-corrected chi connectivity index (χ2v) is 7.30. The van der Waals surface area contributed by atoms with E-state index in [2.05, 4.69) is 5.32 Å². The molecule has 0 aromatic heterocycles. The number of anilines is 1. The van der Waals surface area contributed by atoms with Crippen LogP contribution in [-0.4, -0.2) is 25.1 Å². The Balaban J connectivity index is 1.77. The summed E-state index contributed by atoms with van der Waals surface area (Å²) in [4.78, 5) is 24.1. The first-order valence-corrected chi connectivity index (χ1v) is 10.1. The highest BCUT2D eigenvalue weighted by Crippen LogP contribution is 2.29. The van der Waals surface area contributed by atoms with Gasteiger partial charge in [-0.05, 0) is 60.5 Å². The van der Waals surface area contributed by atoms with E-state index in [9.17, 15) is 14.0 Å². The molecule has 1 N–H and O–H groups in total. The van der Waals surface area contributed by atoms with Gasteiger partial charge in [0.15, 0.2) is 6.61 Å². The largest absolute Gasteiger partial charge is 0.482 e. The molecule has 3 aromatic carbocycles. The number of benzene rings is 3. The van der Waals surface area contributed by atoms with Gasteiger partial charge in [0.1, 0.15) is 11.6 Å². The number of esters is 1. The monoisotopic (exact) mass is 461 g/mol. The molecule has 3 aromatic rings. The number of hydrogen-bond acceptors (Lipinski definition) is 4. The molecule has 0 fully saturated rings. The van der Waals surface area contributed by atoms with Crippen molar-refractivity contribution in [2.24, 2.45) is 0 Å². The summed E-state index contributed by atoms with van der Waals surface area (Å²) in [5, 5.41) is 3.48. The van der Waals surface area contributed by atoms with Gasteiger partial charge in [0, 0.05) is 21.8 Å². The molecule has 0 aliphatic carbocycles. The fourth-order valence-corrected chi connectivity index (χ4v) is 3.33. The van der Waals surface area contributed by atoms with Crippen molar-refractivity contribution in [3.05, 3.63) is 82.1 Å². The summed E-state index contributed by atoms with van der Waals surface area (Å²) in [7, 11) is 0. The molecule has 0 radical (unpaired) electrons. The molecule has 0 bridgehead atoms. The summed E-state index contributed by atoms with van der Waals surface area (Å²) in [6.07, 6.45) is 0. The molecule has 3 rings (SSSR count). The Morgan fingerprint density at radius 1 is 0.968 bits per heavy atom. The van der Waals surface area contributed by atoms with Gasteiger partial charge in [-0.2, -0.15) is 0 Å². The van der Waals surface area contributed by atoms with Crippen LogP contribution in [-0.2, 0) is 9.53 Å². The van der Waals surface area contributed by atoms with Crippen molar-refractivity contribution >= 4 is 40.8 Å². The molecule has 0 saturated heterocycles. The fourth-order valence-electron chi connectivity index (χ4n) is 2.81. The summed E-state index contributed by atoms with van der Waals surface area (Å²) in [6, 6.07) is 15.5. The van der Waals surface area contributed by atoms with E-state index in [1.54, 1.807) is 43.3 Å². The Morgan fingerprint density at radius 2 is 1.71 bits per heavy atom. The molecule has 0 unspecified atom stereocenters. The zero-order valence-electron chi connectivity index (χ0n) is 16.5. The summed E-state index contributed by atoms with van der Waals surface area (Å²) in [6.45, 7) is 1.69. The van der Waals surface area contributed by atoms with Crippen LogP contribution >= 0.6 is 23.2 Å². The average Bonchev–Trinajstić information content (AvgIpc) is 2.72. The standard InChI is InChI=1S/C23H18Cl2FNO4/c1-2-30-22(28)13-31-19-5-3-4-18(12-19)27-23(29)20-10-14(6-7-21(20)26)15-8-16(24)11-17(25)9-15/h3-12H,2,13H2,1H3,(H,27,29). The molecule has 31 heavy (non-hydrogen) atoms. The molecular formula is C23H18Cl2FNO4. The normalized spacial score (nSPS) is 10.5. The van der Waals surface area contributed by atoms with E-state index >= 15 is 0 Å². The van der Waals surface area contributed by atoms with Crippen LogP contribution in [0.3, 0.4) is 0 Å². The van der Waals surface area contributed by atoms with E-state index in [-0.39, 0.29) is 18.8 Å². The summed E-state index contributed by atoms with van der Waals surface area (Å²) in [5.74, 6) is -1.47. The maximum atomic E-state index is 14.4. The molecule has 5 nitrogen and oxygen atoms in total. The maximum Gasteiger partial charge on any atom is 0.344 e. The first-order chi connectivity index (χ1) is 14.9. The minimum Gasteiger partial charge on any atom is -0.482 e. The predicted octanol–water partition coefficient (Wildman–Crippen LogP) is 5.99. The van der Waals surface area contributed by atoms with Gasteiger partial charge < -0.3 is 14.8 Å². The molecule has 0 heterocycles. The zero-order chi connectivity index (χ0) is 22.4. The van der Waals surface area contributed by atoms with Gasteiger partial charge in [-0.25, -0.2) is 9.18 Å². The van der Waals surface area contributed by atoms with Gasteiger partial charge in [-0.3, -0.25) is 4.79 Å². The third-order valence-corrected chi connectivity index (χ3v) is 4.60. The summed E-state index contributed by atoms with van der Waals surface area (Å²) >= 11 is 12.1. The van der Waals surface area contributed by atoms with Crippen molar-refractivity contribution in [3.8, 4) is 16.9 Å². The Hall–Kier alpha value is -3.09. The number of carbonyl (C=O) groups excluding carboxylic acids is 2. The third-order valence-electron chi connectivity index (χ3n) is 4.16. The first-order valence-electron chi connectivity index (χ1n) is 9.31. The molecule has 0 aliphatic rings. The molecular weight excluding hydrogens is 444 g/mol. The molecule has 0 atom stereocenters. The van der Waals surface area contributed by atoms with Crippen LogP contribution in [0.4, 0.5) is 10.1 Å². The van der Waals surface area contributed by atoms with Crippen LogP contribution < -0.4 is 10.1 Å². The number of hydrogen-bond donors (Lipinski definition) is 1. The van der Waals surface area contributed by atoms with Crippen LogP contribution in [0.5, 0.6) is 5.75 Å². The van der Waals surface area contributed by atoms with Crippen LogP contribution in [0.1, 0.15) is 17.3 Å². The van der Waals surface area contributed by atoms with Gasteiger partial charge in [0.05, 0.1) is 12.2 Å². The molecule has 160 valence electrons. The Bertz CT molecular complexity index is 1100. The van der Waals surface area contributed by atoms with Gasteiger partial charge >= 0.3 is 5.97 Å². The highest BCUT2D eigenvalue weighted by molar-refractivity contribution is 6.35. The van der Waals surface area contributed by atoms with E-state index in [1.807, 2.05) is 0 Å². The predicted molar refractivity (Wildman–Crippen MR) is 118 cm³/mol. The van der Waals surface area contributed by atoms with E-state index < -0.39 is 17.7 Å². The Labute approximate surface area is 188 Å². The topological polar surface area (TPSA) is 64.6 Å². The van der Waals surface area contributed by atoms with Gasteiger partial charge in [-0.15, -0.1) is 0 Å². The zero-order valence-corrected chi connectivity index (χ0v) is 18.0. The van der Waals surface area contributed by atoms with Crippen molar-refractivity contribution in [2.75, 3.05) is 18.5 Å². The van der Waals surface area contributed by atoms with Crippen LogP contribution in [0.15, 0.2) is 60.7 Å². The lowest BCUT2D eigenvalue weighted by Crippen LogP contribution is -2.15. The van der Waals surface area contributed by atoms with E-state index in [1.165, 1.54) is 24.3 Å². The van der Waals surface area contributed by atoms with Crippen LogP contribution in [0, 0.1) is 5.82 Å². The lowest BCUT2D eigenvalue weighted by molar-refractivity contribution is -0.145. The second-order valence-electron chi connectivity index (χ2n) is 6.43. The van der Waals surface area contributed by atoms with Crippen molar-refractivity contribution in [1.29, 1.82) is 0 Å². The Kier molecular flexibility index (Phi) is 7.50. The molecule has 0 aliphatic heterocycles. The van der Waals surface area contributed by atoms with Gasteiger partial charge in [-0.1, -0.05) is 35.3 Å². The minimum atomic E-state index is -0.677. The average molecular weight is 462 g/mol. The van der Waals surface area contributed by atoms with E-state index in [4.69, 9.17) is 32.7 Å². The molecule has 0 saturated carbocycles. The number of nitrogens with one attached hydrogen (secondary N) is 1. The van der Waals surface area contributed by atoms with Crippen molar-refractivity contribution < 1.29 is 23.5 Å². The summed E-state index contributed by atoms with van der Waals surface area (Å²) in [5.41, 5.74) is 1.47. The SMILES string of the molecule is CCOC(=O)COc1cccc(NC(=O)c2cc(-c3cc(Cl)cc(Cl)c3)ccc2F)c1. The highest BCUT2D eigenvalue weighted by atomic mass is 35.5. The van der Waals surface area contributed by atoms with Crippen LogP contribution in [0.25, 0.3) is 11.1 Å². The van der Waals surface area contributed by atoms with Crippen molar-refractivity contribution in [1.82, 2.24) is 0 Å². The van der Waals surface area contributed by atoms with E-state index in [0.29, 0.717) is 32.6 Å². The lowest BCUT2D eigenvalue weighted by Gasteiger charge is -2.11. The maximum absolute atomic E-state index is 14.4. The number of ether oxygens (including phenoxy) is 2. The number of halogens is 3. The fraction of sp³-hybridized carbons (Fsp3) is 0.130. The smallest absolute Gasteiger partial charge is 0.344 e. The second kappa shape index (κ2) is 10.3. The first kappa shape index (κ1) is 22.6. The van der Waals surface area contributed by atoms with E-state index in [0.717, 1.165) is 0 Å². The van der Waals surface area contributed by atoms with Crippen LogP contribution in [0.2, 0.25) is 10.0 Å². The third kappa shape index (κ3) is 6.20. The molecule has 8 heteroatoms. The number of amides is 1. The van der Waals surface area contributed by atoms with Gasteiger partial charge in [0.2, 0.25) is 0 Å². The highest BCUT2D eigenvalue weighted by Gasteiger charge is 2.15. The summed E-state index contributed by atoms with van der Waals surface area (Å²) < 4.78 is 24.5. The Morgan fingerprint density at radius 3 is 2.42 bits per heavy atom. The van der Waals surface area contributed by atoms with Gasteiger partial charge in [0.25, 0.3) is 5.91 Å². The lowest BCUT2D eigenvalue weighted by atomic mass is 10.0. The van der Waals surface area contributed by atoms with Crippen molar-refractivity contribution in [2.45, 2.75) is 6.92 Å².